The Labute approximate surface area is 121 Å². The van der Waals surface area contributed by atoms with Crippen LogP contribution < -0.4 is 10.1 Å². The summed E-state index contributed by atoms with van der Waals surface area (Å²) in [5, 5.41) is 13.1. The summed E-state index contributed by atoms with van der Waals surface area (Å²) in [7, 11) is 1.65. The van der Waals surface area contributed by atoms with E-state index in [1.807, 2.05) is 37.3 Å². The van der Waals surface area contributed by atoms with Crippen LogP contribution in [0.2, 0.25) is 0 Å². The first-order valence-electron chi connectivity index (χ1n) is 5.96. The maximum absolute atomic E-state index is 9.79. The first-order valence-corrected chi connectivity index (χ1v) is 6.75. The fourth-order valence-electron chi connectivity index (χ4n) is 1.83. The molecule has 2 rings (SSSR count). The van der Waals surface area contributed by atoms with Crippen LogP contribution in [0.25, 0.3) is 0 Å². The zero-order valence-electron chi connectivity index (χ0n) is 10.9. The average molecular weight is 322 g/mol. The van der Waals surface area contributed by atoms with E-state index in [0.29, 0.717) is 6.54 Å². The van der Waals surface area contributed by atoms with Crippen molar-refractivity contribution in [1.82, 2.24) is 0 Å². The SMILES string of the molecule is COc1cc(C)ccc1NCc1cc(Br)ccc1O. The number of methoxy groups -OCH3 is 1. The molecule has 0 radical (unpaired) electrons. The van der Waals surface area contributed by atoms with Gasteiger partial charge in [-0.05, 0) is 42.8 Å². The van der Waals surface area contributed by atoms with Crippen molar-refractivity contribution in [3.8, 4) is 11.5 Å². The summed E-state index contributed by atoms with van der Waals surface area (Å²) in [6, 6.07) is 11.3. The number of phenolic OH excluding ortho intramolecular Hbond substituents is 1. The monoisotopic (exact) mass is 321 g/mol. The van der Waals surface area contributed by atoms with Crippen LogP contribution in [0.3, 0.4) is 0 Å². The molecule has 0 aliphatic heterocycles. The zero-order chi connectivity index (χ0) is 13.8. The normalized spacial score (nSPS) is 10.3. The highest BCUT2D eigenvalue weighted by Gasteiger charge is 2.05. The highest BCUT2D eigenvalue weighted by molar-refractivity contribution is 9.10. The third-order valence-corrected chi connectivity index (χ3v) is 3.36. The molecule has 2 aromatic carbocycles. The molecule has 4 heteroatoms. The largest absolute Gasteiger partial charge is 0.508 e. The van der Waals surface area contributed by atoms with Crippen molar-refractivity contribution in [2.45, 2.75) is 13.5 Å². The molecule has 0 saturated heterocycles. The Kier molecular flexibility index (Phi) is 4.32. The van der Waals surface area contributed by atoms with Crippen molar-refractivity contribution in [1.29, 1.82) is 0 Å². The maximum Gasteiger partial charge on any atom is 0.142 e. The Hall–Kier alpha value is -1.68. The van der Waals surface area contributed by atoms with E-state index in [2.05, 4.69) is 21.2 Å². The molecule has 100 valence electrons. The zero-order valence-corrected chi connectivity index (χ0v) is 12.5. The molecule has 19 heavy (non-hydrogen) atoms. The standard InChI is InChI=1S/C15H16BrNO2/c1-10-3-5-13(15(7-10)19-2)17-9-11-8-12(16)4-6-14(11)18/h3-8,17-18H,9H2,1-2H3. The summed E-state index contributed by atoms with van der Waals surface area (Å²) >= 11 is 3.40. The number of hydrogen-bond acceptors (Lipinski definition) is 3. The first-order chi connectivity index (χ1) is 9.10. The molecule has 0 fully saturated rings. The Morgan fingerprint density at radius 2 is 2.00 bits per heavy atom. The van der Waals surface area contributed by atoms with Crippen molar-refractivity contribution in [3.05, 3.63) is 52.0 Å². The van der Waals surface area contributed by atoms with Crippen molar-refractivity contribution >= 4 is 21.6 Å². The van der Waals surface area contributed by atoms with E-state index in [1.54, 1.807) is 13.2 Å². The van der Waals surface area contributed by atoms with Gasteiger partial charge in [-0.2, -0.15) is 0 Å². The summed E-state index contributed by atoms with van der Waals surface area (Å²) in [6.45, 7) is 2.55. The van der Waals surface area contributed by atoms with Gasteiger partial charge in [0.2, 0.25) is 0 Å². The van der Waals surface area contributed by atoms with Crippen LogP contribution in [-0.4, -0.2) is 12.2 Å². The first kappa shape index (κ1) is 13.7. The Balaban J connectivity index is 2.16. The van der Waals surface area contributed by atoms with Gasteiger partial charge in [0.1, 0.15) is 11.5 Å². The smallest absolute Gasteiger partial charge is 0.142 e. The van der Waals surface area contributed by atoms with E-state index >= 15 is 0 Å². The lowest BCUT2D eigenvalue weighted by Gasteiger charge is -2.12. The van der Waals surface area contributed by atoms with E-state index in [9.17, 15) is 5.11 Å². The second kappa shape index (κ2) is 5.97. The number of benzene rings is 2. The number of halogens is 1. The molecule has 2 aromatic rings. The van der Waals surface area contributed by atoms with Crippen LogP contribution in [0, 0.1) is 6.92 Å². The summed E-state index contributed by atoms with van der Waals surface area (Å²) in [4.78, 5) is 0. The lowest BCUT2D eigenvalue weighted by atomic mass is 10.1. The molecule has 0 aliphatic rings. The van der Waals surface area contributed by atoms with Gasteiger partial charge in [0.15, 0.2) is 0 Å². The minimum absolute atomic E-state index is 0.279. The van der Waals surface area contributed by atoms with Crippen molar-refractivity contribution in [2.24, 2.45) is 0 Å². The fourth-order valence-corrected chi connectivity index (χ4v) is 2.24. The summed E-state index contributed by atoms with van der Waals surface area (Å²) < 4.78 is 6.28. The second-order valence-corrected chi connectivity index (χ2v) is 5.25. The van der Waals surface area contributed by atoms with Gasteiger partial charge in [0, 0.05) is 16.6 Å². The van der Waals surface area contributed by atoms with Crippen LogP contribution >= 0.6 is 15.9 Å². The van der Waals surface area contributed by atoms with Gasteiger partial charge in [-0.25, -0.2) is 0 Å². The minimum Gasteiger partial charge on any atom is -0.508 e. The molecule has 0 heterocycles. The van der Waals surface area contributed by atoms with Crippen LogP contribution in [0.1, 0.15) is 11.1 Å². The second-order valence-electron chi connectivity index (χ2n) is 4.33. The Morgan fingerprint density at radius 3 is 2.74 bits per heavy atom. The molecule has 0 aromatic heterocycles. The Bertz CT molecular complexity index is 584. The van der Waals surface area contributed by atoms with Gasteiger partial charge >= 0.3 is 0 Å². The summed E-state index contributed by atoms with van der Waals surface area (Å²) in [5.41, 5.74) is 2.89. The number of aromatic hydroxyl groups is 1. The number of nitrogens with one attached hydrogen (secondary N) is 1. The topological polar surface area (TPSA) is 41.5 Å². The molecule has 0 unspecified atom stereocenters. The van der Waals surface area contributed by atoms with E-state index in [1.165, 1.54) is 0 Å². The molecule has 0 atom stereocenters. The predicted molar refractivity (Wildman–Crippen MR) is 80.9 cm³/mol. The molecule has 3 nitrogen and oxygen atoms in total. The molecule has 0 bridgehead atoms. The van der Waals surface area contributed by atoms with E-state index in [4.69, 9.17) is 4.74 Å². The van der Waals surface area contributed by atoms with Crippen molar-refractivity contribution < 1.29 is 9.84 Å². The Morgan fingerprint density at radius 1 is 1.21 bits per heavy atom. The van der Waals surface area contributed by atoms with Gasteiger partial charge < -0.3 is 15.2 Å². The van der Waals surface area contributed by atoms with Crippen molar-refractivity contribution in [3.63, 3.8) is 0 Å². The number of aryl methyl sites for hydroxylation is 1. The lowest BCUT2D eigenvalue weighted by molar-refractivity contribution is 0.416. The number of hydrogen-bond donors (Lipinski definition) is 2. The van der Waals surface area contributed by atoms with Crippen LogP contribution in [0.4, 0.5) is 5.69 Å². The van der Waals surface area contributed by atoms with E-state index in [0.717, 1.165) is 27.0 Å². The van der Waals surface area contributed by atoms with Gasteiger partial charge in [-0.3, -0.25) is 0 Å². The number of rotatable bonds is 4. The fraction of sp³-hybridized carbons (Fsp3) is 0.200. The van der Waals surface area contributed by atoms with Gasteiger partial charge in [0.25, 0.3) is 0 Å². The van der Waals surface area contributed by atoms with Gasteiger partial charge in [0.05, 0.1) is 12.8 Å². The van der Waals surface area contributed by atoms with E-state index < -0.39 is 0 Å². The quantitative estimate of drug-likeness (QED) is 0.891. The lowest BCUT2D eigenvalue weighted by Crippen LogP contribution is -2.02. The summed E-state index contributed by atoms with van der Waals surface area (Å²) in [6.07, 6.45) is 0. The highest BCUT2D eigenvalue weighted by Crippen LogP contribution is 2.27. The highest BCUT2D eigenvalue weighted by atomic mass is 79.9. The minimum atomic E-state index is 0.279. The third kappa shape index (κ3) is 3.41. The predicted octanol–water partition coefficient (Wildman–Crippen LogP) is 4.08. The van der Waals surface area contributed by atoms with Crippen LogP contribution in [0.15, 0.2) is 40.9 Å². The van der Waals surface area contributed by atoms with Gasteiger partial charge in [-0.1, -0.05) is 22.0 Å². The molecule has 0 amide bonds. The molecule has 0 spiro atoms. The van der Waals surface area contributed by atoms with Crippen LogP contribution in [0.5, 0.6) is 11.5 Å². The molecule has 0 aliphatic carbocycles. The molecular formula is C15H16BrNO2. The average Bonchev–Trinajstić information content (AvgIpc) is 2.40. The number of ether oxygens (including phenoxy) is 1. The third-order valence-electron chi connectivity index (χ3n) is 2.87. The van der Waals surface area contributed by atoms with E-state index in [-0.39, 0.29) is 5.75 Å². The maximum atomic E-state index is 9.79. The van der Waals surface area contributed by atoms with Gasteiger partial charge in [-0.15, -0.1) is 0 Å². The molecule has 0 saturated carbocycles. The number of phenols is 1. The molecular weight excluding hydrogens is 306 g/mol. The summed E-state index contributed by atoms with van der Waals surface area (Å²) in [5.74, 6) is 1.08. The van der Waals surface area contributed by atoms with Crippen molar-refractivity contribution in [2.75, 3.05) is 12.4 Å². The molecule has 2 N–H and O–H groups in total. The van der Waals surface area contributed by atoms with Crippen LogP contribution in [-0.2, 0) is 6.54 Å². The number of anilines is 1.